The van der Waals surface area contributed by atoms with Gasteiger partial charge in [0.05, 0.1) is 11.7 Å². The van der Waals surface area contributed by atoms with E-state index in [1.807, 2.05) is 18.2 Å². The first kappa shape index (κ1) is 25.5. The van der Waals surface area contributed by atoms with Crippen LogP contribution in [0, 0.1) is 17.3 Å². The Hall–Kier alpha value is -1.12. The molecule has 6 N–H and O–H groups in total. The molecule has 5 rings (SSSR count). The van der Waals surface area contributed by atoms with E-state index in [4.69, 9.17) is 15.0 Å². The molecule has 32 heavy (non-hydrogen) atoms. The molecular weight excluding hydrogens is 425 g/mol. The summed E-state index contributed by atoms with van der Waals surface area (Å²) in [5.74, 6) is 1.17. The van der Waals surface area contributed by atoms with Crippen molar-refractivity contribution < 1.29 is 32.2 Å². The van der Waals surface area contributed by atoms with Crippen molar-refractivity contribution in [1.29, 1.82) is 0 Å². The van der Waals surface area contributed by atoms with Crippen LogP contribution in [-0.4, -0.2) is 43.9 Å². The van der Waals surface area contributed by atoms with Gasteiger partial charge < -0.3 is 38.5 Å². The van der Waals surface area contributed by atoms with Crippen molar-refractivity contribution in [3.8, 4) is 0 Å². The smallest absolute Gasteiger partial charge is 0.467 e. The Morgan fingerprint density at radius 2 is 1.97 bits per heavy atom. The third kappa shape index (κ3) is 4.60. The van der Waals surface area contributed by atoms with E-state index >= 15 is 0 Å². The lowest BCUT2D eigenvalue weighted by Gasteiger charge is -2.64. The van der Waals surface area contributed by atoms with Crippen molar-refractivity contribution in [2.24, 2.45) is 23.0 Å². The highest BCUT2D eigenvalue weighted by Gasteiger charge is 2.68. The highest BCUT2D eigenvalue weighted by Crippen LogP contribution is 2.66. The van der Waals surface area contributed by atoms with Crippen molar-refractivity contribution in [1.82, 2.24) is 5.32 Å². The zero-order valence-corrected chi connectivity index (χ0v) is 20.4. The number of nitrogens with two attached hydrogens (primary N) is 1. The molecule has 178 valence electrons. The highest BCUT2D eigenvalue weighted by molar-refractivity contribution is 6.47. The first-order valence-electron chi connectivity index (χ1n) is 12.0. The quantitative estimate of drug-likeness (QED) is 0.319. The number of hydrogen-bond acceptors (Lipinski definition) is 4. The van der Waals surface area contributed by atoms with Crippen LogP contribution in [0.5, 0.6) is 0 Å². The molecule has 4 fully saturated rings. The summed E-state index contributed by atoms with van der Waals surface area (Å²) < 4.78 is 13.3. The molecule has 8 heteroatoms. The fourth-order valence-electron chi connectivity index (χ4n) is 6.16. The standard InChI is InChI=1S/C24H38BN3O3.ClH/c1-23(2)17-13-20(23)24(3)21(14-17)30-25(31-24)18(16-9-5-4-6-10-16)15-28-22(29)19(27)11-7-8-12-26;/h4-6,9-10,17-21H,7-8,11-15,26-27H2,1-3H3,(H,28,29);1H/t17-,18?,19+,20-,21+,24-;/m1./s1. The molecule has 0 radical (unpaired) electrons. The predicted molar refractivity (Wildman–Crippen MR) is 122 cm³/mol. The molecule has 1 saturated heterocycles. The lowest BCUT2D eigenvalue weighted by atomic mass is 9.43. The summed E-state index contributed by atoms with van der Waals surface area (Å²) >= 11 is 0. The van der Waals surface area contributed by atoms with Crippen LogP contribution in [0.15, 0.2) is 30.3 Å². The van der Waals surface area contributed by atoms with Crippen LogP contribution in [0.4, 0.5) is 0 Å². The fourth-order valence-corrected chi connectivity index (χ4v) is 6.16. The van der Waals surface area contributed by atoms with Crippen LogP contribution in [0.2, 0.25) is 0 Å². The minimum Gasteiger partial charge on any atom is -1.00 e. The maximum absolute atomic E-state index is 12.7. The molecule has 1 aromatic carbocycles. The maximum Gasteiger partial charge on any atom is 0.467 e. The summed E-state index contributed by atoms with van der Waals surface area (Å²) in [6, 6.07) is 10.0. The Balaban J connectivity index is 0.00000289. The second-order valence-electron chi connectivity index (χ2n) is 10.6. The Bertz CT molecular complexity index is 783. The van der Waals surface area contributed by atoms with E-state index in [1.165, 1.54) is 6.42 Å². The van der Waals surface area contributed by atoms with E-state index in [2.05, 4.69) is 44.0 Å². The number of benzene rings is 1. The van der Waals surface area contributed by atoms with E-state index in [0.717, 1.165) is 31.2 Å². The van der Waals surface area contributed by atoms with Crippen molar-refractivity contribution in [3.05, 3.63) is 35.9 Å². The molecule has 6 atom stereocenters. The van der Waals surface area contributed by atoms with Gasteiger partial charge in [0, 0.05) is 18.8 Å². The molecule has 0 aromatic heterocycles. The molecule has 4 aliphatic rings. The number of rotatable bonds is 9. The number of hydrogen-bond donors (Lipinski definition) is 3. The number of amides is 1. The number of carbonyl (C=O) groups is 1. The van der Waals surface area contributed by atoms with Gasteiger partial charge in [0.2, 0.25) is 0 Å². The normalized spacial score (nSPS) is 31.7. The molecule has 2 bridgehead atoms. The Labute approximate surface area is 199 Å². The summed E-state index contributed by atoms with van der Waals surface area (Å²) in [7, 11) is -0.353. The predicted octanol–water partition coefficient (Wildman–Crippen LogP) is -1.10. The van der Waals surface area contributed by atoms with Gasteiger partial charge in [-0.15, -0.1) is 0 Å². The minimum atomic E-state index is -0.353. The number of quaternary nitrogens is 1. The lowest BCUT2D eigenvalue weighted by Crippen LogP contribution is -3.00. The molecule has 3 saturated carbocycles. The van der Waals surface area contributed by atoms with Crippen LogP contribution in [0.25, 0.3) is 0 Å². The van der Waals surface area contributed by atoms with Gasteiger partial charge >= 0.3 is 7.12 Å². The number of halogens is 1. The summed E-state index contributed by atoms with van der Waals surface area (Å²) in [6.45, 7) is 8.12. The van der Waals surface area contributed by atoms with Crippen LogP contribution < -0.4 is 29.2 Å². The van der Waals surface area contributed by atoms with Crippen LogP contribution in [-0.2, 0) is 14.1 Å². The first-order chi connectivity index (χ1) is 14.8. The molecule has 1 aliphatic heterocycles. The van der Waals surface area contributed by atoms with Crippen LogP contribution in [0.1, 0.15) is 64.3 Å². The van der Waals surface area contributed by atoms with Gasteiger partial charge in [-0.05, 0) is 62.0 Å². The Kier molecular flexibility index (Phi) is 7.99. The molecule has 3 aliphatic carbocycles. The zero-order valence-electron chi connectivity index (χ0n) is 19.7. The second kappa shape index (κ2) is 10.0. The molecule has 6 nitrogen and oxygen atoms in total. The summed E-state index contributed by atoms with van der Waals surface area (Å²) in [6.07, 6.45) is 5.03. The summed E-state index contributed by atoms with van der Waals surface area (Å²) in [4.78, 5) is 12.7. The third-order valence-corrected chi connectivity index (χ3v) is 8.40. The van der Waals surface area contributed by atoms with Gasteiger partial charge in [-0.3, -0.25) is 4.79 Å². The third-order valence-electron chi connectivity index (χ3n) is 8.40. The molecular formula is C24H39BClN3O3. The lowest BCUT2D eigenvalue weighted by molar-refractivity contribution is -0.405. The molecule has 1 amide bonds. The van der Waals surface area contributed by atoms with Crippen molar-refractivity contribution in [2.75, 3.05) is 13.1 Å². The fraction of sp³-hybridized carbons (Fsp3) is 0.708. The largest absolute Gasteiger partial charge is 1.00 e. The highest BCUT2D eigenvalue weighted by atomic mass is 35.5. The number of unbranched alkanes of at least 4 members (excludes halogenated alkanes) is 1. The second-order valence-corrected chi connectivity index (χ2v) is 10.6. The maximum atomic E-state index is 12.7. The summed E-state index contributed by atoms with van der Waals surface area (Å²) in [5.41, 5.74) is 10.8. The van der Waals surface area contributed by atoms with Gasteiger partial charge in [0.25, 0.3) is 5.91 Å². The number of carbonyl (C=O) groups excluding carboxylic acids is 1. The zero-order chi connectivity index (χ0) is 22.2. The van der Waals surface area contributed by atoms with Crippen molar-refractivity contribution in [3.63, 3.8) is 0 Å². The average molecular weight is 464 g/mol. The number of nitrogens with one attached hydrogen (secondary N) is 1. The Morgan fingerprint density at radius 3 is 2.62 bits per heavy atom. The van der Waals surface area contributed by atoms with E-state index in [-0.39, 0.29) is 49.0 Å². The van der Waals surface area contributed by atoms with Gasteiger partial charge in [-0.25, -0.2) is 0 Å². The SMILES string of the molecule is CC1(C)[C@H]2C[C@@H]3OB(C(CNC(=O)[C@@H]([NH3+])CCCCN)c4ccccc4)O[C@]3(C)[C@@H]1C2.[Cl-]. The van der Waals surface area contributed by atoms with E-state index in [9.17, 15) is 4.79 Å². The minimum absolute atomic E-state index is 0. The van der Waals surface area contributed by atoms with Gasteiger partial charge in [-0.1, -0.05) is 44.2 Å². The van der Waals surface area contributed by atoms with Gasteiger partial charge in [-0.2, -0.15) is 0 Å². The topological polar surface area (TPSA) is 101 Å². The van der Waals surface area contributed by atoms with Crippen molar-refractivity contribution in [2.45, 2.75) is 76.4 Å². The monoisotopic (exact) mass is 463 g/mol. The average Bonchev–Trinajstić information content (AvgIpc) is 3.11. The molecule has 0 spiro atoms. The van der Waals surface area contributed by atoms with E-state index in [0.29, 0.717) is 30.3 Å². The first-order valence-corrected chi connectivity index (χ1v) is 12.0. The Morgan fingerprint density at radius 1 is 1.25 bits per heavy atom. The molecule has 1 unspecified atom stereocenters. The van der Waals surface area contributed by atoms with Gasteiger partial charge in [0.15, 0.2) is 6.04 Å². The van der Waals surface area contributed by atoms with Crippen LogP contribution >= 0.6 is 0 Å². The van der Waals surface area contributed by atoms with Crippen LogP contribution in [0.3, 0.4) is 0 Å². The summed E-state index contributed by atoms with van der Waals surface area (Å²) in [5, 5.41) is 3.12. The van der Waals surface area contributed by atoms with E-state index in [1.54, 1.807) is 0 Å². The van der Waals surface area contributed by atoms with E-state index < -0.39 is 0 Å². The van der Waals surface area contributed by atoms with Crippen molar-refractivity contribution >= 4 is 13.0 Å². The molecule has 1 heterocycles. The van der Waals surface area contributed by atoms with Gasteiger partial charge in [0.1, 0.15) is 0 Å². The molecule has 1 aromatic rings.